The van der Waals surface area contributed by atoms with Gasteiger partial charge >= 0.3 is 5.97 Å². The molecule has 0 aromatic rings. The highest BCUT2D eigenvalue weighted by atomic mass is 16.5. The van der Waals surface area contributed by atoms with E-state index in [1.54, 1.807) is 12.5 Å². The van der Waals surface area contributed by atoms with Crippen LogP contribution in [-0.2, 0) is 9.53 Å². The standard InChI is InChI=1S/C28H44O2/c1-18(2)7-8-19(3)24-11-12-25-23-10-9-21-17-22(30-20(4)29)13-15-27(21,5)26(23)14-16-28(24,25)6/h7,9,19,22-26H,8,10-17H2,1-6H3. The topological polar surface area (TPSA) is 26.3 Å². The molecule has 30 heavy (non-hydrogen) atoms. The van der Waals surface area contributed by atoms with Crippen molar-refractivity contribution in [3.63, 3.8) is 0 Å². The van der Waals surface area contributed by atoms with Crippen LogP contribution in [-0.4, -0.2) is 12.1 Å². The van der Waals surface area contributed by atoms with Gasteiger partial charge in [0.05, 0.1) is 0 Å². The number of rotatable bonds is 4. The molecule has 0 bridgehead atoms. The first-order valence-corrected chi connectivity index (χ1v) is 12.6. The summed E-state index contributed by atoms with van der Waals surface area (Å²) in [6.07, 6.45) is 16.6. The highest BCUT2D eigenvalue weighted by Crippen LogP contribution is 2.67. The molecule has 0 saturated heterocycles. The number of fused-ring (bicyclic) bond motifs is 5. The molecule has 0 aliphatic heterocycles. The van der Waals surface area contributed by atoms with Crippen molar-refractivity contribution in [2.75, 3.05) is 0 Å². The highest BCUT2D eigenvalue weighted by Gasteiger charge is 2.59. The van der Waals surface area contributed by atoms with Gasteiger partial charge in [-0.15, -0.1) is 0 Å². The SMILES string of the molecule is CC(=O)OC1CCC2(C)C(=CCC3C2CCC2(C)C(C(C)CC=C(C)C)CCC32)C1. The number of ether oxygens (including phenoxy) is 1. The molecule has 3 fully saturated rings. The number of esters is 1. The number of hydrogen-bond acceptors (Lipinski definition) is 2. The normalized spacial score (nSPS) is 43.5. The lowest BCUT2D eigenvalue weighted by Crippen LogP contribution is -2.51. The maximum atomic E-state index is 11.5. The van der Waals surface area contributed by atoms with E-state index in [-0.39, 0.29) is 12.1 Å². The third-order valence-corrected chi connectivity index (χ3v) is 10.0. The Morgan fingerprint density at radius 3 is 2.60 bits per heavy atom. The van der Waals surface area contributed by atoms with Gasteiger partial charge in [-0.2, -0.15) is 0 Å². The molecule has 4 aliphatic carbocycles. The van der Waals surface area contributed by atoms with Crippen LogP contribution in [0.4, 0.5) is 0 Å². The molecule has 2 nitrogen and oxygen atoms in total. The Bertz CT molecular complexity index is 729. The van der Waals surface area contributed by atoms with E-state index in [0.29, 0.717) is 10.8 Å². The molecule has 8 unspecified atom stereocenters. The minimum atomic E-state index is -0.120. The van der Waals surface area contributed by atoms with Gasteiger partial charge < -0.3 is 4.74 Å². The Labute approximate surface area is 184 Å². The van der Waals surface area contributed by atoms with Crippen LogP contribution in [0.3, 0.4) is 0 Å². The van der Waals surface area contributed by atoms with Crippen molar-refractivity contribution in [1.29, 1.82) is 0 Å². The minimum absolute atomic E-state index is 0.110. The molecule has 0 spiro atoms. The average Bonchev–Trinajstić information content (AvgIpc) is 3.03. The van der Waals surface area contributed by atoms with Gasteiger partial charge in [0, 0.05) is 13.3 Å². The van der Waals surface area contributed by atoms with Crippen molar-refractivity contribution in [1.82, 2.24) is 0 Å². The van der Waals surface area contributed by atoms with Crippen LogP contribution in [0.2, 0.25) is 0 Å². The van der Waals surface area contributed by atoms with Gasteiger partial charge in [-0.05, 0) is 106 Å². The molecule has 4 aliphatic rings. The summed E-state index contributed by atoms with van der Waals surface area (Å²) in [6, 6.07) is 0. The molecule has 168 valence electrons. The van der Waals surface area contributed by atoms with Crippen molar-refractivity contribution in [2.24, 2.45) is 40.4 Å². The van der Waals surface area contributed by atoms with Crippen molar-refractivity contribution in [3.05, 3.63) is 23.3 Å². The van der Waals surface area contributed by atoms with Crippen LogP contribution in [0.5, 0.6) is 0 Å². The van der Waals surface area contributed by atoms with Crippen LogP contribution in [0.15, 0.2) is 23.3 Å². The van der Waals surface area contributed by atoms with Crippen molar-refractivity contribution < 1.29 is 9.53 Å². The Balaban J connectivity index is 1.52. The van der Waals surface area contributed by atoms with Crippen LogP contribution in [0.1, 0.15) is 99.3 Å². The fraction of sp³-hybridized carbons (Fsp3) is 0.821. The first-order valence-electron chi connectivity index (χ1n) is 12.6. The van der Waals surface area contributed by atoms with Crippen LogP contribution >= 0.6 is 0 Å². The molecule has 0 aromatic heterocycles. The summed E-state index contributed by atoms with van der Waals surface area (Å²) in [7, 11) is 0. The molecule has 0 amide bonds. The van der Waals surface area contributed by atoms with Crippen molar-refractivity contribution in [2.45, 2.75) is 105 Å². The van der Waals surface area contributed by atoms with E-state index in [0.717, 1.165) is 42.4 Å². The Morgan fingerprint density at radius 2 is 1.90 bits per heavy atom. The van der Waals surface area contributed by atoms with E-state index in [4.69, 9.17) is 4.74 Å². The molecular formula is C28H44O2. The molecule has 8 atom stereocenters. The summed E-state index contributed by atoms with van der Waals surface area (Å²) in [6.45, 7) is 13.7. The smallest absolute Gasteiger partial charge is 0.302 e. The molecular weight excluding hydrogens is 368 g/mol. The zero-order valence-corrected chi connectivity index (χ0v) is 20.3. The van der Waals surface area contributed by atoms with Gasteiger partial charge in [-0.1, -0.05) is 44.1 Å². The third kappa shape index (κ3) is 3.71. The van der Waals surface area contributed by atoms with E-state index in [2.05, 4.69) is 46.8 Å². The summed E-state index contributed by atoms with van der Waals surface area (Å²) in [5, 5.41) is 0. The summed E-state index contributed by atoms with van der Waals surface area (Å²) >= 11 is 0. The second kappa shape index (κ2) is 8.14. The van der Waals surface area contributed by atoms with Crippen molar-refractivity contribution in [3.8, 4) is 0 Å². The lowest BCUT2D eigenvalue weighted by atomic mass is 9.47. The molecule has 2 heteroatoms. The maximum Gasteiger partial charge on any atom is 0.302 e. The van der Waals surface area contributed by atoms with E-state index < -0.39 is 0 Å². The molecule has 0 N–H and O–H groups in total. The first kappa shape index (κ1) is 22.2. The highest BCUT2D eigenvalue weighted by molar-refractivity contribution is 5.66. The Kier molecular flexibility index (Phi) is 6.01. The van der Waals surface area contributed by atoms with E-state index in [1.807, 2.05) is 0 Å². The second-order valence-electron chi connectivity index (χ2n) is 12.0. The van der Waals surface area contributed by atoms with Crippen LogP contribution in [0, 0.1) is 40.4 Å². The third-order valence-electron chi connectivity index (χ3n) is 10.0. The fourth-order valence-electron chi connectivity index (χ4n) is 8.52. The number of hydrogen-bond donors (Lipinski definition) is 0. The zero-order valence-electron chi connectivity index (χ0n) is 20.3. The number of carbonyl (C=O) groups is 1. The minimum Gasteiger partial charge on any atom is -0.462 e. The molecule has 0 radical (unpaired) electrons. The average molecular weight is 413 g/mol. The quantitative estimate of drug-likeness (QED) is 0.353. The predicted molar refractivity (Wildman–Crippen MR) is 124 cm³/mol. The number of carbonyl (C=O) groups excluding carboxylic acids is 1. The van der Waals surface area contributed by atoms with Gasteiger partial charge in [0.1, 0.15) is 6.10 Å². The van der Waals surface area contributed by atoms with Crippen LogP contribution in [0.25, 0.3) is 0 Å². The summed E-state index contributed by atoms with van der Waals surface area (Å²) in [5.74, 6) is 4.17. The lowest BCUT2D eigenvalue weighted by Gasteiger charge is -2.58. The summed E-state index contributed by atoms with van der Waals surface area (Å²) < 4.78 is 5.60. The van der Waals surface area contributed by atoms with E-state index in [1.165, 1.54) is 50.5 Å². The fourth-order valence-corrected chi connectivity index (χ4v) is 8.52. The molecule has 0 heterocycles. The zero-order chi connectivity index (χ0) is 21.7. The largest absolute Gasteiger partial charge is 0.462 e. The molecule has 4 rings (SSSR count). The van der Waals surface area contributed by atoms with Gasteiger partial charge in [-0.3, -0.25) is 4.79 Å². The predicted octanol–water partition coefficient (Wildman–Crippen LogP) is 7.49. The summed E-state index contributed by atoms with van der Waals surface area (Å²) in [5.41, 5.74) is 3.95. The lowest BCUT2D eigenvalue weighted by molar-refractivity contribution is -0.148. The van der Waals surface area contributed by atoms with Crippen molar-refractivity contribution >= 4 is 5.97 Å². The summed E-state index contributed by atoms with van der Waals surface area (Å²) in [4.78, 5) is 11.5. The van der Waals surface area contributed by atoms with Gasteiger partial charge in [0.25, 0.3) is 0 Å². The van der Waals surface area contributed by atoms with E-state index >= 15 is 0 Å². The van der Waals surface area contributed by atoms with Gasteiger partial charge in [-0.25, -0.2) is 0 Å². The van der Waals surface area contributed by atoms with Gasteiger partial charge in [0.15, 0.2) is 0 Å². The van der Waals surface area contributed by atoms with Crippen LogP contribution < -0.4 is 0 Å². The monoisotopic (exact) mass is 412 g/mol. The first-order chi connectivity index (χ1) is 14.1. The Hall–Kier alpha value is -1.05. The Morgan fingerprint density at radius 1 is 1.13 bits per heavy atom. The molecule has 3 saturated carbocycles. The van der Waals surface area contributed by atoms with E-state index in [9.17, 15) is 4.79 Å². The number of allylic oxidation sites excluding steroid dienone is 3. The maximum absolute atomic E-state index is 11.5. The second-order valence-corrected chi connectivity index (χ2v) is 12.0. The van der Waals surface area contributed by atoms with Gasteiger partial charge in [0.2, 0.25) is 0 Å². The molecule has 0 aromatic carbocycles.